The highest BCUT2D eigenvalue weighted by molar-refractivity contribution is 7.99. The second-order valence-electron chi connectivity index (χ2n) is 8.54. The van der Waals surface area contributed by atoms with E-state index in [-0.39, 0.29) is 18.2 Å². The SMILES string of the molecule is CC(C)Cn1c(=O)n(C)c(=O)c2c(SCCCO)nc(Cc3cccc4ccccc34)nc21. The fourth-order valence-corrected chi connectivity index (χ4v) is 4.90. The average Bonchev–Trinajstić information content (AvgIpc) is 2.80. The third-order valence-electron chi connectivity index (χ3n) is 5.51. The van der Waals surface area contributed by atoms with Gasteiger partial charge in [0.2, 0.25) is 0 Å². The van der Waals surface area contributed by atoms with Crippen molar-refractivity contribution in [2.24, 2.45) is 13.0 Å². The summed E-state index contributed by atoms with van der Waals surface area (Å²) in [7, 11) is 1.49. The van der Waals surface area contributed by atoms with Crippen molar-refractivity contribution in [2.75, 3.05) is 12.4 Å². The van der Waals surface area contributed by atoms with E-state index < -0.39 is 5.56 Å². The molecule has 172 valence electrons. The van der Waals surface area contributed by atoms with Gasteiger partial charge in [0.15, 0.2) is 5.65 Å². The van der Waals surface area contributed by atoms with Crippen LogP contribution in [-0.2, 0) is 20.0 Å². The van der Waals surface area contributed by atoms with Crippen molar-refractivity contribution < 1.29 is 5.11 Å². The maximum Gasteiger partial charge on any atom is 0.332 e. The number of thioether (sulfide) groups is 1. The van der Waals surface area contributed by atoms with Crippen molar-refractivity contribution in [1.29, 1.82) is 0 Å². The standard InChI is InChI=1S/C25H28N4O3S/c1-16(2)15-29-22-21(24(31)28(3)25(29)32)23(33-13-7-12-30)27-20(26-22)14-18-10-6-9-17-8-4-5-11-19(17)18/h4-6,8-11,16,30H,7,12-15H2,1-3H3. The number of aliphatic hydroxyl groups excluding tert-OH is 1. The van der Waals surface area contributed by atoms with Crippen LogP contribution in [0.3, 0.4) is 0 Å². The molecule has 33 heavy (non-hydrogen) atoms. The van der Waals surface area contributed by atoms with Crippen LogP contribution >= 0.6 is 11.8 Å². The number of aromatic nitrogens is 4. The lowest BCUT2D eigenvalue weighted by atomic mass is 10.0. The molecule has 0 saturated heterocycles. The second kappa shape index (κ2) is 9.89. The summed E-state index contributed by atoms with van der Waals surface area (Å²) in [5.41, 5.74) is 0.703. The molecule has 7 nitrogen and oxygen atoms in total. The topological polar surface area (TPSA) is 90.0 Å². The molecule has 0 spiro atoms. The quantitative estimate of drug-likeness (QED) is 0.244. The Morgan fingerprint density at radius 1 is 1.06 bits per heavy atom. The predicted molar refractivity (Wildman–Crippen MR) is 133 cm³/mol. The maximum absolute atomic E-state index is 13.1. The van der Waals surface area contributed by atoms with E-state index in [1.54, 1.807) is 4.57 Å². The number of nitrogens with zero attached hydrogens (tertiary/aromatic N) is 4. The Hall–Kier alpha value is -2.97. The summed E-state index contributed by atoms with van der Waals surface area (Å²) in [5, 5.41) is 12.4. The Labute approximate surface area is 196 Å². The Balaban J connectivity index is 1.94. The second-order valence-corrected chi connectivity index (χ2v) is 9.62. The van der Waals surface area contributed by atoms with Crippen LogP contribution in [-0.4, -0.2) is 36.6 Å². The van der Waals surface area contributed by atoms with Crippen LogP contribution in [0.1, 0.15) is 31.7 Å². The molecule has 8 heteroatoms. The van der Waals surface area contributed by atoms with Gasteiger partial charge in [-0.05, 0) is 28.7 Å². The zero-order valence-corrected chi connectivity index (χ0v) is 19.9. The lowest BCUT2D eigenvalue weighted by Crippen LogP contribution is -2.39. The molecular formula is C25H28N4O3S. The molecule has 4 rings (SSSR count). The predicted octanol–water partition coefficient (Wildman–Crippen LogP) is 3.36. The third-order valence-corrected chi connectivity index (χ3v) is 6.57. The summed E-state index contributed by atoms with van der Waals surface area (Å²) in [6, 6.07) is 14.3. The monoisotopic (exact) mass is 464 g/mol. The van der Waals surface area contributed by atoms with Gasteiger partial charge < -0.3 is 5.11 Å². The van der Waals surface area contributed by atoms with E-state index >= 15 is 0 Å². The lowest BCUT2D eigenvalue weighted by Gasteiger charge is -2.16. The maximum atomic E-state index is 13.1. The molecule has 0 atom stereocenters. The highest BCUT2D eigenvalue weighted by Gasteiger charge is 2.20. The lowest BCUT2D eigenvalue weighted by molar-refractivity contribution is 0.296. The molecule has 4 aromatic rings. The third kappa shape index (κ3) is 4.72. The smallest absolute Gasteiger partial charge is 0.332 e. The molecule has 1 N–H and O–H groups in total. The van der Waals surface area contributed by atoms with Crippen molar-refractivity contribution in [2.45, 2.75) is 38.3 Å². The van der Waals surface area contributed by atoms with E-state index in [9.17, 15) is 14.7 Å². The largest absolute Gasteiger partial charge is 0.396 e. The highest BCUT2D eigenvalue weighted by Crippen LogP contribution is 2.26. The van der Waals surface area contributed by atoms with Crippen molar-refractivity contribution in [3.8, 4) is 0 Å². The van der Waals surface area contributed by atoms with Gasteiger partial charge in [-0.3, -0.25) is 13.9 Å². The van der Waals surface area contributed by atoms with Crippen LogP contribution in [0.15, 0.2) is 57.1 Å². The highest BCUT2D eigenvalue weighted by atomic mass is 32.2. The number of fused-ring (bicyclic) bond motifs is 2. The molecule has 0 aliphatic carbocycles. The Kier molecular flexibility index (Phi) is 6.95. The minimum atomic E-state index is -0.391. The summed E-state index contributed by atoms with van der Waals surface area (Å²) in [4.78, 5) is 35.6. The van der Waals surface area contributed by atoms with Gasteiger partial charge in [0.05, 0.1) is 0 Å². The number of benzene rings is 2. The summed E-state index contributed by atoms with van der Waals surface area (Å²) >= 11 is 1.42. The van der Waals surface area contributed by atoms with E-state index in [2.05, 4.69) is 24.3 Å². The number of rotatable bonds is 8. The zero-order valence-electron chi connectivity index (χ0n) is 19.1. The van der Waals surface area contributed by atoms with E-state index in [1.165, 1.54) is 18.8 Å². The van der Waals surface area contributed by atoms with E-state index in [0.29, 0.717) is 47.0 Å². The van der Waals surface area contributed by atoms with Crippen LogP contribution in [0.2, 0.25) is 0 Å². The summed E-state index contributed by atoms with van der Waals surface area (Å²) in [5.74, 6) is 1.38. The first-order chi connectivity index (χ1) is 15.9. The molecular weight excluding hydrogens is 436 g/mol. The van der Waals surface area contributed by atoms with Crippen LogP contribution in [0, 0.1) is 5.92 Å². The van der Waals surface area contributed by atoms with Gasteiger partial charge in [-0.1, -0.05) is 56.3 Å². The molecule has 2 aromatic carbocycles. The van der Waals surface area contributed by atoms with Crippen LogP contribution in [0.4, 0.5) is 0 Å². The minimum Gasteiger partial charge on any atom is -0.396 e. The van der Waals surface area contributed by atoms with Gasteiger partial charge in [0, 0.05) is 32.4 Å². The molecule has 0 aliphatic rings. The fraction of sp³-hybridized carbons (Fsp3) is 0.360. The number of aliphatic hydroxyl groups is 1. The molecule has 2 aromatic heterocycles. The molecule has 2 heterocycles. The van der Waals surface area contributed by atoms with E-state index in [1.807, 2.05) is 32.0 Å². The fourth-order valence-electron chi connectivity index (χ4n) is 3.94. The van der Waals surface area contributed by atoms with Crippen molar-refractivity contribution in [3.05, 3.63) is 74.7 Å². The minimum absolute atomic E-state index is 0.0644. The molecule has 0 saturated carbocycles. The van der Waals surface area contributed by atoms with Gasteiger partial charge in [0.25, 0.3) is 5.56 Å². The first-order valence-corrected chi connectivity index (χ1v) is 12.1. The summed E-state index contributed by atoms with van der Waals surface area (Å²) in [6.07, 6.45) is 1.07. The van der Waals surface area contributed by atoms with Crippen LogP contribution in [0.25, 0.3) is 21.8 Å². The van der Waals surface area contributed by atoms with Crippen molar-refractivity contribution in [3.63, 3.8) is 0 Å². The number of hydrogen-bond acceptors (Lipinski definition) is 6. The van der Waals surface area contributed by atoms with Gasteiger partial charge in [-0.25, -0.2) is 14.8 Å². The van der Waals surface area contributed by atoms with Crippen LogP contribution < -0.4 is 11.2 Å². The average molecular weight is 465 g/mol. The molecule has 0 bridgehead atoms. The molecule has 0 amide bonds. The Morgan fingerprint density at radius 3 is 2.58 bits per heavy atom. The van der Waals surface area contributed by atoms with E-state index in [4.69, 9.17) is 9.97 Å². The summed E-state index contributed by atoms with van der Waals surface area (Å²) in [6.45, 7) is 4.57. The Morgan fingerprint density at radius 2 is 1.82 bits per heavy atom. The first kappa shape index (κ1) is 23.2. The zero-order chi connectivity index (χ0) is 23.5. The van der Waals surface area contributed by atoms with Crippen molar-refractivity contribution in [1.82, 2.24) is 19.1 Å². The van der Waals surface area contributed by atoms with Crippen molar-refractivity contribution >= 4 is 33.6 Å². The summed E-state index contributed by atoms with van der Waals surface area (Å²) < 4.78 is 2.72. The molecule has 0 unspecified atom stereocenters. The van der Waals surface area contributed by atoms with Gasteiger partial charge in [-0.15, -0.1) is 11.8 Å². The normalized spacial score (nSPS) is 11.7. The van der Waals surface area contributed by atoms with Crippen LogP contribution in [0.5, 0.6) is 0 Å². The van der Waals surface area contributed by atoms with Gasteiger partial charge in [-0.2, -0.15) is 0 Å². The van der Waals surface area contributed by atoms with E-state index in [0.717, 1.165) is 20.9 Å². The molecule has 0 fully saturated rings. The number of hydrogen-bond donors (Lipinski definition) is 1. The Bertz CT molecular complexity index is 1420. The van der Waals surface area contributed by atoms with Gasteiger partial charge >= 0.3 is 5.69 Å². The van der Waals surface area contributed by atoms with Gasteiger partial charge in [0.1, 0.15) is 16.2 Å². The first-order valence-electron chi connectivity index (χ1n) is 11.1. The molecule has 0 radical (unpaired) electrons. The molecule has 0 aliphatic heterocycles.